The second-order valence-electron chi connectivity index (χ2n) is 8.62. The third-order valence-electron chi connectivity index (χ3n) is 5.94. The summed E-state index contributed by atoms with van der Waals surface area (Å²) in [4.78, 5) is 12.7. The van der Waals surface area contributed by atoms with Gasteiger partial charge in [0.05, 0.1) is 5.69 Å². The number of rotatable bonds is 7. The molecule has 0 atom stereocenters. The summed E-state index contributed by atoms with van der Waals surface area (Å²) < 4.78 is 13.7. The van der Waals surface area contributed by atoms with Crippen LogP contribution in [0, 0.1) is 0 Å². The molecule has 0 saturated heterocycles. The summed E-state index contributed by atoms with van der Waals surface area (Å²) in [5.74, 6) is 1.82. The predicted octanol–water partition coefficient (Wildman–Crippen LogP) is 7.73. The summed E-state index contributed by atoms with van der Waals surface area (Å²) >= 11 is 0. The lowest BCUT2D eigenvalue weighted by Crippen LogP contribution is -2.07. The molecule has 0 bridgehead atoms. The number of benzene rings is 4. The molecule has 2 heterocycles. The number of furan rings is 1. The molecule has 0 unspecified atom stereocenters. The standard InChI is InChI=1S/C32H23N3O3/c36-31(33-25-16-18-28(19-17-25)37-27-12-5-2-6-13-27)20-15-24-22-35(26-10-3-1-4-11-26)34-32(24)30-21-23-9-7-8-14-29(23)38-30/h1-22H,(H,33,36)/b20-15+. The van der Waals surface area contributed by atoms with Gasteiger partial charge in [-0.15, -0.1) is 0 Å². The van der Waals surface area contributed by atoms with E-state index in [-0.39, 0.29) is 5.91 Å². The molecular weight excluding hydrogens is 474 g/mol. The summed E-state index contributed by atoms with van der Waals surface area (Å²) in [5.41, 5.74) is 3.76. The lowest BCUT2D eigenvalue weighted by Gasteiger charge is -2.07. The van der Waals surface area contributed by atoms with Crippen LogP contribution in [0.2, 0.25) is 0 Å². The Morgan fingerprint density at radius 1 is 0.816 bits per heavy atom. The minimum atomic E-state index is -0.259. The monoisotopic (exact) mass is 497 g/mol. The van der Waals surface area contributed by atoms with Crippen LogP contribution in [-0.2, 0) is 4.79 Å². The van der Waals surface area contributed by atoms with Crippen molar-refractivity contribution in [2.24, 2.45) is 0 Å². The van der Waals surface area contributed by atoms with Gasteiger partial charge in [0, 0.05) is 28.9 Å². The number of carbonyl (C=O) groups excluding carboxylic acids is 1. The summed E-state index contributed by atoms with van der Waals surface area (Å²) in [6.45, 7) is 0. The molecule has 0 fully saturated rings. The van der Waals surface area contributed by atoms with Gasteiger partial charge in [0.2, 0.25) is 5.91 Å². The fourth-order valence-corrected chi connectivity index (χ4v) is 4.09. The molecule has 1 amide bonds. The largest absolute Gasteiger partial charge is 0.457 e. The Morgan fingerprint density at radius 2 is 1.50 bits per heavy atom. The molecular formula is C32H23N3O3. The van der Waals surface area contributed by atoms with Gasteiger partial charge in [-0.2, -0.15) is 5.10 Å². The maximum absolute atomic E-state index is 12.7. The number of amides is 1. The number of fused-ring (bicyclic) bond motifs is 1. The first-order valence-corrected chi connectivity index (χ1v) is 12.2. The van der Waals surface area contributed by atoms with Gasteiger partial charge in [-0.1, -0.05) is 54.6 Å². The van der Waals surface area contributed by atoms with Crippen molar-refractivity contribution in [2.45, 2.75) is 0 Å². The molecule has 0 aliphatic heterocycles. The van der Waals surface area contributed by atoms with E-state index in [0.29, 0.717) is 22.9 Å². The van der Waals surface area contributed by atoms with E-state index < -0.39 is 0 Å². The first-order valence-electron chi connectivity index (χ1n) is 12.2. The Kier molecular flexibility index (Phi) is 6.27. The maximum Gasteiger partial charge on any atom is 0.248 e. The second kappa shape index (κ2) is 10.3. The average Bonchev–Trinajstić information content (AvgIpc) is 3.58. The minimum Gasteiger partial charge on any atom is -0.457 e. The molecule has 0 spiro atoms. The van der Waals surface area contributed by atoms with Gasteiger partial charge in [-0.3, -0.25) is 4.79 Å². The summed E-state index contributed by atoms with van der Waals surface area (Å²) in [5, 5.41) is 8.66. The minimum absolute atomic E-state index is 0.259. The average molecular weight is 498 g/mol. The molecule has 184 valence electrons. The van der Waals surface area contributed by atoms with Crippen LogP contribution in [0.5, 0.6) is 11.5 Å². The molecule has 0 aliphatic carbocycles. The third kappa shape index (κ3) is 5.10. The number of aromatic nitrogens is 2. The summed E-state index contributed by atoms with van der Waals surface area (Å²) in [7, 11) is 0. The topological polar surface area (TPSA) is 69.3 Å². The Labute approximate surface area is 219 Å². The predicted molar refractivity (Wildman–Crippen MR) is 149 cm³/mol. The zero-order valence-electron chi connectivity index (χ0n) is 20.3. The van der Waals surface area contributed by atoms with E-state index in [1.807, 2.05) is 109 Å². The van der Waals surface area contributed by atoms with Crippen molar-refractivity contribution >= 4 is 28.6 Å². The van der Waals surface area contributed by atoms with E-state index in [4.69, 9.17) is 14.3 Å². The first kappa shape index (κ1) is 23.1. The number of nitrogens with one attached hydrogen (secondary N) is 1. The van der Waals surface area contributed by atoms with Crippen LogP contribution in [0.25, 0.3) is 34.2 Å². The van der Waals surface area contributed by atoms with Crippen LogP contribution in [0.3, 0.4) is 0 Å². The highest BCUT2D eigenvalue weighted by atomic mass is 16.5. The lowest BCUT2D eigenvalue weighted by molar-refractivity contribution is -0.111. The van der Waals surface area contributed by atoms with E-state index in [9.17, 15) is 4.79 Å². The highest BCUT2D eigenvalue weighted by Gasteiger charge is 2.15. The molecule has 38 heavy (non-hydrogen) atoms. The van der Waals surface area contributed by atoms with Crippen molar-refractivity contribution in [3.63, 3.8) is 0 Å². The van der Waals surface area contributed by atoms with Crippen molar-refractivity contribution in [1.82, 2.24) is 9.78 Å². The molecule has 0 aliphatic rings. The smallest absolute Gasteiger partial charge is 0.248 e. The molecule has 6 aromatic rings. The van der Waals surface area contributed by atoms with Gasteiger partial charge in [0.25, 0.3) is 0 Å². The van der Waals surface area contributed by atoms with Crippen LogP contribution < -0.4 is 10.1 Å². The zero-order chi connectivity index (χ0) is 25.7. The van der Waals surface area contributed by atoms with Gasteiger partial charge in [0.15, 0.2) is 5.76 Å². The molecule has 0 radical (unpaired) electrons. The van der Waals surface area contributed by atoms with Crippen LogP contribution in [0.1, 0.15) is 5.56 Å². The van der Waals surface area contributed by atoms with Gasteiger partial charge < -0.3 is 14.5 Å². The van der Waals surface area contributed by atoms with Crippen LogP contribution in [0.4, 0.5) is 5.69 Å². The quantitative estimate of drug-likeness (QED) is 0.229. The number of para-hydroxylation sites is 3. The van der Waals surface area contributed by atoms with Crippen LogP contribution >= 0.6 is 0 Å². The van der Waals surface area contributed by atoms with Gasteiger partial charge in [-0.25, -0.2) is 4.68 Å². The number of carbonyl (C=O) groups is 1. The van der Waals surface area contributed by atoms with E-state index in [2.05, 4.69) is 5.32 Å². The van der Waals surface area contributed by atoms with Crippen molar-refractivity contribution in [2.75, 3.05) is 5.32 Å². The zero-order valence-corrected chi connectivity index (χ0v) is 20.3. The molecule has 1 N–H and O–H groups in total. The Hall–Kier alpha value is -5.36. The molecule has 0 saturated carbocycles. The molecule has 6 rings (SSSR count). The molecule has 6 heteroatoms. The highest BCUT2D eigenvalue weighted by Crippen LogP contribution is 2.30. The third-order valence-corrected chi connectivity index (χ3v) is 5.94. The number of ether oxygens (including phenoxy) is 1. The lowest BCUT2D eigenvalue weighted by atomic mass is 10.2. The van der Waals surface area contributed by atoms with Gasteiger partial charge in [0.1, 0.15) is 22.8 Å². The van der Waals surface area contributed by atoms with Crippen molar-refractivity contribution in [1.29, 1.82) is 0 Å². The number of hydrogen-bond acceptors (Lipinski definition) is 4. The number of nitrogens with zero attached hydrogens (tertiary/aromatic N) is 2. The van der Waals surface area contributed by atoms with E-state index in [0.717, 1.165) is 28.0 Å². The van der Waals surface area contributed by atoms with Crippen LogP contribution in [0.15, 0.2) is 132 Å². The molecule has 6 nitrogen and oxygen atoms in total. The van der Waals surface area contributed by atoms with E-state index >= 15 is 0 Å². The van der Waals surface area contributed by atoms with Gasteiger partial charge in [-0.05, 0) is 66.7 Å². The summed E-state index contributed by atoms with van der Waals surface area (Å²) in [6, 6.07) is 36.4. The Balaban J connectivity index is 1.22. The number of hydrogen-bond donors (Lipinski definition) is 1. The fraction of sp³-hybridized carbons (Fsp3) is 0. The molecule has 2 aromatic heterocycles. The maximum atomic E-state index is 12.7. The van der Waals surface area contributed by atoms with Crippen molar-refractivity contribution < 1.29 is 13.9 Å². The Bertz CT molecular complexity index is 1680. The Morgan fingerprint density at radius 3 is 2.26 bits per heavy atom. The molecule has 4 aromatic carbocycles. The van der Waals surface area contributed by atoms with Crippen molar-refractivity contribution in [3.8, 4) is 28.6 Å². The highest BCUT2D eigenvalue weighted by molar-refractivity contribution is 6.02. The second-order valence-corrected chi connectivity index (χ2v) is 8.62. The van der Waals surface area contributed by atoms with Crippen molar-refractivity contribution in [3.05, 3.63) is 133 Å². The summed E-state index contributed by atoms with van der Waals surface area (Å²) in [6.07, 6.45) is 5.13. The first-order chi connectivity index (χ1) is 18.7. The van der Waals surface area contributed by atoms with Crippen LogP contribution in [-0.4, -0.2) is 15.7 Å². The number of anilines is 1. The normalized spacial score (nSPS) is 11.2. The van der Waals surface area contributed by atoms with Gasteiger partial charge >= 0.3 is 0 Å². The van der Waals surface area contributed by atoms with E-state index in [1.54, 1.807) is 22.9 Å². The van der Waals surface area contributed by atoms with E-state index in [1.165, 1.54) is 6.08 Å². The fourth-order valence-electron chi connectivity index (χ4n) is 4.09. The SMILES string of the molecule is O=C(/C=C/c1cn(-c2ccccc2)nc1-c1cc2ccccc2o1)Nc1ccc(Oc2ccccc2)cc1.